The van der Waals surface area contributed by atoms with E-state index in [4.69, 9.17) is 11.6 Å². The molecule has 112 valence electrons. The quantitative estimate of drug-likeness (QED) is 0.799. The summed E-state index contributed by atoms with van der Waals surface area (Å²) in [5.41, 5.74) is 0.557. The van der Waals surface area contributed by atoms with Crippen LogP contribution in [-0.2, 0) is 4.79 Å². The van der Waals surface area contributed by atoms with Gasteiger partial charge < -0.3 is 9.80 Å². The predicted octanol–water partition coefficient (Wildman–Crippen LogP) is 2.42. The Morgan fingerprint density at radius 2 is 1.90 bits per heavy atom. The number of piperidine rings is 1. The van der Waals surface area contributed by atoms with Gasteiger partial charge in [0.15, 0.2) is 0 Å². The highest BCUT2D eigenvalue weighted by Gasteiger charge is 2.38. The van der Waals surface area contributed by atoms with Crippen LogP contribution in [0.3, 0.4) is 0 Å². The van der Waals surface area contributed by atoms with E-state index in [0.29, 0.717) is 23.0 Å². The first kappa shape index (κ1) is 14.4. The van der Waals surface area contributed by atoms with Crippen LogP contribution >= 0.6 is 11.6 Å². The molecule has 0 aromatic heterocycles. The van der Waals surface area contributed by atoms with Crippen LogP contribution in [0, 0.1) is 5.92 Å². The summed E-state index contributed by atoms with van der Waals surface area (Å²) in [6.45, 7) is 3.73. The Morgan fingerprint density at radius 1 is 1.14 bits per heavy atom. The highest BCUT2D eigenvalue weighted by Crippen LogP contribution is 2.30. The average Bonchev–Trinajstić information content (AvgIpc) is 2.79. The van der Waals surface area contributed by atoms with Gasteiger partial charge in [-0.3, -0.25) is 9.59 Å². The van der Waals surface area contributed by atoms with Crippen molar-refractivity contribution in [1.82, 2.24) is 9.80 Å². The van der Waals surface area contributed by atoms with Crippen molar-refractivity contribution in [1.29, 1.82) is 0 Å². The minimum atomic E-state index is -0.0132. The number of hydrogen-bond donors (Lipinski definition) is 0. The summed E-state index contributed by atoms with van der Waals surface area (Å²) < 4.78 is 0. The number of halogens is 1. The number of benzene rings is 1. The molecular weight excluding hydrogens is 288 g/mol. The van der Waals surface area contributed by atoms with Gasteiger partial charge in [-0.25, -0.2) is 0 Å². The summed E-state index contributed by atoms with van der Waals surface area (Å²) in [6.07, 6.45) is 2.05. The fraction of sp³-hybridized carbons (Fsp3) is 0.500. The molecule has 1 aromatic rings. The number of hydrogen-bond acceptors (Lipinski definition) is 2. The molecule has 3 aliphatic heterocycles. The van der Waals surface area contributed by atoms with Crippen molar-refractivity contribution in [2.45, 2.75) is 25.8 Å². The van der Waals surface area contributed by atoms with E-state index in [1.54, 1.807) is 19.1 Å². The van der Waals surface area contributed by atoms with Crippen LogP contribution in [0.5, 0.6) is 0 Å². The molecule has 5 heteroatoms. The molecule has 2 atom stereocenters. The van der Waals surface area contributed by atoms with Gasteiger partial charge >= 0.3 is 0 Å². The normalized spacial score (nSPS) is 24.9. The lowest BCUT2D eigenvalue weighted by atomic mass is 9.94. The van der Waals surface area contributed by atoms with E-state index in [1.807, 2.05) is 21.9 Å². The fourth-order valence-corrected chi connectivity index (χ4v) is 3.59. The van der Waals surface area contributed by atoms with Gasteiger partial charge in [-0.1, -0.05) is 23.7 Å². The Balaban J connectivity index is 1.85. The van der Waals surface area contributed by atoms with Crippen LogP contribution in [0.2, 0.25) is 5.02 Å². The summed E-state index contributed by atoms with van der Waals surface area (Å²) in [6, 6.07) is 7.28. The summed E-state index contributed by atoms with van der Waals surface area (Å²) in [4.78, 5) is 28.2. The van der Waals surface area contributed by atoms with Crippen LogP contribution < -0.4 is 0 Å². The summed E-state index contributed by atoms with van der Waals surface area (Å²) in [5.74, 6) is 0.457. The van der Waals surface area contributed by atoms with E-state index < -0.39 is 0 Å². The standard InChI is InChI=1S/C16H19ClN2O2/c1-11(20)18-8-12-6-7-13(10-18)19(9-12)16(21)14-4-2-3-5-15(14)17/h2-5,12-13H,6-10H2,1H3/t12-,13+/m0/s1. The van der Waals surface area contributed by atoms with Crippen molar-refractivity contribution in [3.63, 3.8) is 0 Å². The molecule has 3 heterocycles. The first-order chi connectivity index (χ1) is 10.1. The van der Waals surface area contributed by atoms with Crippen molar-refractivity contribution in [3.05, 3.63) is 34.9 Å². The van der Waals surface area contributed by atoms with Crippen LogP contribution in [0.4, 0.5) is 0 Å². The van der Waals surface area contributed by atoms with Crippen LogP contribution in [0.25, 0.3) is 0 Å². The second-order valence-corrected chi connectivity index (χ2v) is 6.37. The number of nitrogens with zero attached hydrogens (tertiary/aromatic N) is 2. The maximum atomic E-state index is 12.8. The monoisotopic (exact) mass is 306 g/mol. The van der Waals surface area contributed by atoms with Gasteiger partial charge in [0.25, 0.3) is 5.91 Å². The first-order valence-electron chi connectivity index (χ1n) is 7.37. The topological polar surface area (TPSA) is 40.6 Å². The zero-order valence-corrected chi connectivity index (χ0v) is 12.8. The van der Waals surface area contributed by atoms with Crippen LogP contribution in [0.1, 0.15) is 30.1 Å². The Hall–Kier alpha value is -1.55. The second-order valence-electron chi connectivity index (χ2n) is 5.96. The largest absolute Gasteiger partial charge is 0.341 e. The van der Waals surface area contributed by atoms with Gasteiger partial charge in [0.2, 0.25) is 5.91 Å². The Labute approximate surface area is 129 Å². The van der Waals surface area contributed by atoms with Gasteiger partial charge in [0, 0.05) is 32.6 Å². The van der Waals surface area contributed by atoms with Gasteiger partial charge in [-0.15, -0.1) is 0 Å². The van der Waals surface area contributed by atoms with Crippen LogP contribution in [-0.4, -0.2) is 47.3 Å². The van der Waals surface area contributed by atoms with Gasteiger partial charge in [0.05, 0.1) is 10.6 Å². The molecule has 0 radical (unpaired) electrons. The lowest BCUT2D eigenvalue weighted by molar-refractivity contribution is -0.129. The fourth-order valence-electron chi connectivity index (χ4n) is 3.38. The molecular formula is C16H19ClN2O2. The minimum absolute atomic E-state index is 0.0132. The molecule has 0 unspecified atom stereocenters. The third-order valence-corrected chi connectivity index (χ3v) is 4.85. The van der Waals surface area contributed by atoms with Gasteiger partial charge in [-0.2, -0.15) is 0 Å². The third kappa shape index (κ3) is 2.77. The molecule has 0 aliphatic carbocycles. The predicted molar refractivity (Wildman–Crippen MR) is 81.3 cm³/mol. The Kier molecular flexibility index (Phi) is 3.89. The molecule has 4 nitrogen and oxygen atoms in total. The second kappa shape index (κ2) is 5.68. The molecule has 2 bridgehead atoms. The molecule has 3 saturated heterocycles. The van der Waals surface area contributed by atoms with E-state index >= 15 is 0 Å². The SMILES string of the molecule is CC(=O)N1C[C@@H]2CC[C@H](C1)N(C(=O)c1ccccc1Cl)C2. The molecule has 21 heavy (non-hydrogen) atoms. The maximum Gasteiger partial charge on any atom is 0.255 e. The Morgan fingerprint density at radius 3 is 2.62 bits per heavy atom. The zero-order valence-electron chi connectivity index (χ0n) is 12.1. The zero-order chi connectivity index (χ0) is 15.0. The highest BCUT2D eigenvalue weighted by atomic mass is 35.5. The van der Waals surface area contributed by atoms with E-state index in [9.17, 15) is 9.59 Å². The van der Waals surface area contributed by atoms with Crippen molar-refractivity contribution < 1.29 is 9.59 Å². The number of amides is 2. The minimum Gasteiger partial charge on any atom is -0.341 e. The van der Waals surface area contributed by atoms with E-state index in [1.165, 1.54) is 0 Å². The molecule has 4 rings (SSSR count). The third-order valence-electron chi connectivity index (χ3n) is 4.52. The van der Waals surface area contributed by atoms with Gasteiger partial charge in [-0.05, 0) is 30.9 Å². The van der Waals surface area contributed by atoms with Crippen molar-refractivity contribution in [2.24, 2.45) is 5.92 Å². The lowest BCUT2D eigenvalue weighted by Gasteiger charge is -2.36. The molecule has 0 saturated carbocycles. The summed E-state index contributed by atoms with van der Waals surface area (Å²) in [5, 5.41) is 0.492. The molecule has 0 N–H and O–H groups in total. The molecule has 0 spiro atoms. The van der Waals surface area contributed by atoms with E-state index in [2.05, 4.69) is 0 Å². The molecule has 1 aromatic carbocycles. The number of rotatable bonds is 1. The molecule has 2 amide bonds. The highest BCUT2D eigenvalue weighted by molar-refractivity contribution is 6.33. The number of fused-ring (bicyclic) bond motifs is 4. The average molecular weight is 307 g/mol. The molecule has 3 fully saturated rings. The summed E-state index contributed by atoms with van der Waals surface area (Å²) >= 11 is 6.15. The van der Waals surface area contributed by atoms with E-state index in [-0.39, 0.29) is 17.9 Å². The van der Waals surface area contributed by atoms with Crippen molar-refractivity contribution in [3.8, 4) is 0 Å². The van der Waals surface area contributed by atoms with Crippen LogP contribution in [0.15, 0.2) is 24.3 Å². The van der Waals surface area contributed by atoms with Crippen molar-refractivity contribution >= 4 is 23.4 Å². The number of carbonyl (C=O) groups is 2. The van der Waals surface area contributed by atoms with E-state index in [0.717, 1.165) is 25.9 Å². The smallest absolute Gasteiger partial charge is 0.255 e. The molecule has 3 aliphatic rings. The first-order valence-corrected chi connectivity index (χ1v) is 7.75. The Bertz CT molecular complexity index is 575. The number of carbonyl (C=O) groups excluding carboxylic acids is 2. The van der Waals surface area contributed by atoms with Gasteiger partial charge in [0.1, 0.15) is 0 Å². The maximum absolute atomic E-state index is 12.8. The van der Waals surface area contributed by atoms with Crippen molar-refractivity contribution in [2.75, 3.05) is 19.6 Å². The lowest BCUT2D eigenvalue weighted by Crippen LogP contribution is -2.47. The summed E-state index contributed by atoms with van der Waals surface area (Å²) in [7, 11) is 0.